The van der Waals surface area contributed by atoms with Crippen molar-refractivity contribution in [3.63, 3.8) is 0 Å². The first-order valence-corrected chi connectivity index (χ1v) is 4.14. The van der Waals surface area contributed by atoms with Gasteiger partial charge in [-0.3, -0.25) is 4.89 Å². The van der Waals surface area contributed by atoms with E-state index in [0.29, 0.717) is 5.69 Å². The van der Waals surface area contributed by atoms with Crippen LogP contribution in [0.5, 0.6) is 0 Å². The van der Waals surface area contributed by atoms with Gasteiger partial charge in [-0.1, -0.05) is 18.2 Å². The van der Waals surface area contributed by atoms with Gasteiger partial charge in [0, 0.05) is 10.9 Å². The summed E-state index contributed by atoms with van der Waals surface area (Å²) in [6.45, 7) is 0. The standard InChI is InChI=1S/C10H9NO3/c1-13-14-10(12)9-6-7-4-2-3-5-8(7)11-9/h2-6,11H,1H3. The summed E-state index contributed by atoms with van der Waals surface area (Å²) < 4.78 is 0. The summed E-state index contributed by atoms with van der Waals surface area (Å²) in [5.74, 6) is -0.524. The molecule has 0 fully saturated rings. The molecule has 1 heterocycles. The third-order valence-electron chi connectivity index (χ3n) is 1.91. The Hall–Kier alpha value is -1.81. The number of benzene rings is 1. The highest BCUT2D eigenvalue weighted by Gasteiger charge is 2.10. The number of para-hydroxylation sites is 1. The van der Waals surface area contributed by atoms with Gasteiger partial charge in [0.15, 0.2) is 0 Å². The van der Waals surface area contributed by atoms with Crippen LogP contribution in [-0.2, 0) is 9.78 Å². The van der Waals surface area contributed by atoms with Gasteiger partial charge in [-0.2, -0.15) is 4.89 Å². The summed E-state index contributed by atoms with van der Waals surface area (Å²) in [6, 6.07) is 9.32. The molecule has 2 aromatic rings. The minimum atomic E-state index is -0.524. The first-order chi connectivity index (χ1) is 6.81. The van der Waals surface area contributed by atoms with E-state index >= 15 is 0 Å². The Labute approximate surface area is 80.4 Å². The van der Waals surface area contributed by atoms with Crippen molar-refractivity contribution in [2.45, 2.75) is 0 Å². The number of carbonyl (C=O) groups excluding carboxylic acids is 1. The lowest BCUT2D eigenvalue weighted by Crippen LogP contribution is -2.03. The third-order valence-corrected chi connectivity index (χ3v) is 1.91. The van der Waals surface area contributed by atoms with Gasteiger partial charge in [-0.05, 0) is 12.1 Å². The Morgan fingerprint density at radius 3 is 2.86 bits per heavy atom. The lowest BCUT2D eigenvalue weighted by atomic mass is 10.2. The largest absolute Gasteiger partial charge is 0.389 e. The van der Waals surface area contributed by atoms with Crippen LogP contribution in [0, 0.1) is 0 Å². The molecule has 0 unspecified atom stereocenters. The molecule has 0 radical (unpaired) electrons. The molecule has 1 aromatic heterocycles. The van der Waals surface area contributed by atoms with Gasteiger partial charge in [-0.25, -0.2) is 4.79 Å². The van der Waals surface area contributed by atoms with Crippen LogP contribution in [0.4, 0.5) is 0 Å². The van der Waals surface area contributed by atoms with Crippen LogP contribution >= 0.6 is 0 Å². The SMILES string of the molecule is COOC(=O)c1cc2ccccc2[nH]1. The fourth-order valence-electron chi connectivity index (χ4n) is 1.30. The average Bonchev–Trinajstić information content (AvgIpc) is 2.61. The Morgan fingerprint density at radius 2 is 2.14 bits per heavy atom. The Balaban J connectivity index is 2.40. The molecule has 0 aliphatic rings. The second kappa shape index (κ2) is 3.51. The van der Waals surface area contributed by atoms with Crippen LogP contribution < -0.4 is 0 Å². The van der Waals surface area contributed by atoms with Crippen molar-refractivity contribution in [1.82, 2.24) is 4.98 Å². The molecule has 0 amide bonds. The average molecular weight is 191 g/mol. The maximum atomic E-state index is 11.2. The Kier molecular flexibility index (Phi) is 2.20. The predicted octanol–water partition coefficient (Wildman–Crippen LogP) is 1.89. The summed E-state index contributed by atoms with van der Waals surface area (Å²) in [5, 5.41) is 0.968. The summed E-state index contributed by atoms with van der Waals surface area (Å²) in [4.78, 5) is 22.8. The molecular weight excluding hydrogens is 182 g/mol. The summed E-state index contributed by atoms with van der Waals surface area (Å²) >= 11 is 0. The topological polar surface area (TPSA) is 51.3 Å². The molecular formula is C10H9NO3. The van der Waals surface area contributed by atoms with Crippen LogP contribution in [0.2, 0.25) is 0 Å². The van der Waals surface area contributed by atoms with Gasteiger partial charge in [0.25, 0.3) is 0 Å². The zero-order valence-electron chi connectivity index (χ0n) is 7.61. The first-order valence-electron chi connectivity index (χ1n) is 4.14. The number of H-pyrrole nitrogens is 1. The molecule has 2 rings (SSSR count). The van der Waals surface area contributed by atoms with E-state index in [1.807, 2.05) is 24.3 Å². The lowest BCUT2D eigenvalue weighted by molar-refractivity contribution is -0.216. The van der Waals surface area contributed by atoms with Crippen molar-refractivity contribution < 1.29 is 14.6 Å². The summed E-state index contributed by atoms with van der Waals surface area (Å²) in [7, 11) is 1.29. The van der Waals surface area contributed by atoms with Crippen molar-refractivity contribution in [3.05, 3.63) is 36.0 Å². The van der Waals surface area contributed by atoms with E-state index in [1.165, 1.54) is 7.11 Å². The normalized spacial score (nSPS) is 10.4. The molecule has 4 nitrogen and oxygen atoms in total. The molecule has 0 aliphatic carbocycles. The molecule has 0 spiro atoms. The monoisotopic (exact) mass is 191 g/mol. The van der Waals surface area contributed by atoms with E-state index in [1.54, 1.807) is 6.07 Å². The molecule has 0 atom stereocenters. The second-order valence-electron chi connectivity index (χ2n) is 2.81. The molecule has 72 valence electrons. The van der Waals surface area contributed by atoms with Gasteiger partial charge < -0.3 is 4.98 Å². The number of hydrogen-bond donors (Lipinski definition) is 1. The van der Waals surface area contributed by atoms with E-state index in [2.05, 4.69) is 14.8 Å². The lowest BCUT2D eigenvalue weighted by Gasteiger charge is -1.94. The van der Waals surface area contributed by atoms with E-state index in [-0.39, 0.29) is 0 Å². The quantitative estimate of drug-likeness (QED) is 0.582. The number of aromatic amines is 1. The highest BCUT2D eigenvalue weighted by molar-refractivity contribution is 5.94. The first kappa shape index (κ1) is 8.77. The van der Waals surface area contributed by atoms with Crippen molar-refractivity contribution in [2.24, 2.45) is 0 Å². The van der Waals surface area contributed by atoms with E-state index in [0.717, 1.165) is 10.9 Å². The van der Waals surface area contributed by atoms with Gasteiger partial charge in [-0.15, -0.1) is 0 Å². The van der Waals surface area contributed by atoms with E-state index in [4.69, 9.17) is 0 Å². The summed E-state index contributed by atoms with van der Waals surface area (Å²) in [6.07, 6.45) is 0. The van der Waals surface area contributed by atoms with Crippen molar-refractivity contribution >= 4 is 16.9 Å². The number of hydrogen-bond acceptors (Lipinski definition) is 3. The molecule has 0 saturated heterocycles. The van der Waals surface area contributed by atoms with Crippen LogP contribution in [0.25, 0.3) is 10.9 Å². The Morgan fingerprint density at radius 1 is 1.36 bits per heavy atom. The van der Waals surface area contributed by atoms with Crippen LogP contribution in [0.3, 0.4) is 0 Å². The van der Waals surface area contributed by atoms with Crippen molar-refractivity contribution in [1.29, 1.82) is 0 Å². The van der Waals surface area contributed by atoms with Crippen LogP contribution in [0.15, 0.2) is 30.3 Å². The predicted molar refractivity (Wildman–Crippen MR) is 50.7 cm³/mol. The molecule has 0 bridgehead atoms. The molecule has 0 aliphatic heterocycles. The minimum absolute atomic E-state index is 0.382. The zero-order valence-corrected chi connectivity index (χ0v) is 7.61. The van der Waals surface area contributed by atoms with Crippen LogP contribution in [0.1, 0.15) is 10.5 Å². The molecule has 14 heavy (non-hydrogen) atoms. The molecule has 4 heteroatoms. The van der Waals surface area contributed by atoms with E-state index < -0.39 is 5.97 Å². The smallest absolute Gasteiger partial charge is 0.349 e. The Bertz CT molecular complexity index is 428. The van der Waals surface area contributed by atoms with E-state index in [9.17, 15) is 4.79 Å². The fourth-order valence-corrected chi connectivity index (χ4v) is 1.30. The number of carbonyl (C=O) groups is 1. The highest BCUT2D eigenvalue weighted by Crippen LogP contribution is 2.14. The van der Waals surface area contributed by atoms with Gasteiger partial charge >= 0.3 is 5.97 Å². The molecule has 0 saturated carbocycles. The molecule has 1 aromatic carbocycles. The van der Waals surface area contributed by atoms with Crippen LogP contribution in [-0.4, -0.2) is 18.1 Å². The van der Waals surface area contributed by atoms with Gasteiger partial charge in [0.05, 0.1) is 7.11 Å². The number of rotatable bonds is 2. The fraction of sp³-hybridized carbons (Fsp3) is 0.100. The summed E-state index contributed by atoms with van der Waals surface area (Å²) in [5.41, 5.74) is 1.28. The highest BCUT2D eigenvalue weighted by atomic mass is 17.2. The van der Waals surface area contributed by atoms with Crippen molar-refractivity contribution in [3.8, 4) is 0 Å². The van der Waals surface area contributed by atoms with Gasteiger partial charge in [0.1, 0.15) is 5.69 Å². The third kappa shape index (κ3) is 1.47. The number of nitrogens with one attached hydrogen (secondary N) is 1. The molecule has 1 N–H and O–H groups in total. The second-order valence-corrected chi connectivity index (χ2v) is 2.81. The minimum Gasteiger partial charge on any atom is -0.349 e. The maximum Gasteiger partial charge on any atom is 0.389 e. The number of fused-ring (bicyclic) bond motifs is 1. The van der Waals surface area contributed by atoms with Gasteiger partial charge in [0.2, 0.25) is 0 Å². The number of aromatic nitrogens is 1. The zero-order chi connectivity index (χ0) is 9.97. The maximum absolute atomic E-state index is 11.2. The van der Waals surface area contributed by atoms with Crippen molar-refractivity contribution in [2.75, 3.05) is 7.11 Å².